The molecule has 6 atom stereocenters. The van der Waals surface area contributed by atoms with E-state index >= 15 is 0 Å². The fraction of sp³-hybridized carbons (Fsp3) is 0.840. The minimum Gasteiger partial charge on any atom is -0.465 e. The highest BCUT2D eigenvalue weighted by molar-refractivity contribution is 6.66. The standard InChI is InChI=1S/C25H36Cl6O4/c1-5-9-11-15(7-3)13-34-21(32)17-18(22(33)35-14-16(8-4)12-10-6-2)24(29)20(27)19(26)23(17,28)25(24,30)31/h15-18H,5-14H2,1-4H3/t15-,16-,17+,18+,23-,24-/m0/s1. The molecule has 35 heavy (non-hydrogen) atoms. The van der Waals surface area contributed by atoms with Gasteiger partial charge in [0.25, 0.3) is 0 Å². The Morgan fingerprint density at radius 1 is 0.743 bits per heavy atom. The summed E-state index contributed by atoms with van der Waals surface area (Å²) in [5.74, 6) is -3.86. The fourth-order valence-electron chi connectivity index (χ4n) is 4.96. The minimum atomic E-state index is -2.05. The number of unbranched alkanes of at least 4 members (excludes halogenated alkanes) is 2. The van der Waals surface area contributed by atoms with Crippen LogP contribution >= 0.6 is 69.6 Å². The molecule has 2 bridgehead atoms. The van der Waals surface area contributed by atoms with Gasteiger partial charge in [0.05, 0.1) is 35.1 Å². The lowest BCUT2D eigenvalue weighted by Crippen LogP contribution is -2.47. The lowest BCUT2D eigenvalue weighted by molar-refractivity contribution is -0.162. The summed E-state index contributed by atoms with van der Waals surface area (Å²) in [5, 5.41) is -0.307. The van der Waals surface area contributed by atoms with E-state index in [2.05, 4.69) is 13.8 Å². The van der Waals surface area contributed by atoms with E-state index in [4.69, 9.17) is 79.1 Å². The van der Waals surface area contributed by atoms with E-state index in [-0.39, 0.29) is 35.1 Å². The average Bonchev–Trinajstić information content (AvgIpc) is 3.04. The molecule has 1 fully saturated rings. The lowest BCUT2D eigenvalue weighted by Gasteiger charge is -2.34. The molecule has 0 aromatic carbocycles. The Labute approximate surface area is 239 Å². The molecule has 2 aliphatic rings. The van der Waals surface area contributed by atoms with Crippen LogP contribution in [0.2, 0.25) is 0 Å². The van der Waals surface area contributed by atoms with Crippen molar-refractivity contribution < 1.29 is 19.1 Å². The molecule has 10 heteroatoms. The zero-order chi connectivity index (χ0) is 26.6. The number of allylic oxidation sites excluding steroid dienone is 2. The summed E-state index contributed by atoms with van der Waals surface area (Å²) in [6.07, 6.45) is 7.63. The van der Waals surface area contributed by atoms with Gasteiger partial charge < -0.3 is 9.47 Å². The first-order chi connectivity index (χ1) is 16.4. The van der Waals surface area contributed by atoms with E-state index in [1.807, 2.05) is 13.8 Å². The van der Waals surface area contributed by atoms with E-state index in [0.717, 1.165) is 51.4 Å². The number of alkyl halides is 4. The molecule has 1 saturated carbocycles. The van der Waals surface area contributed by atoms with E-state index in [1.165, 1.54) is 0 Å². The fourth-order valence-corrected chi connectivity index (χ4v) is 7.88. The maximum absolute atomic E-state index is 13.5. The monoisotopic (exact) mass is 610 g/mol. The molecule has 2 rings (SSSR count). The van der Waals surface area contributed by atoms with Crippen LogP contribution in [0.1, 0.15) is 79.1 Å². The van der Waals surface area contributed by atoms with E-state index in [1.54, 1.807) is 0 Å². The summed E-state index contributed by atoms with van der Waals surface area (Å²) in [5.41, 5.74) is 0. The SMILES string of the molecule is CCCC[C@H](CC)COC(=O)[C@H]1[C@H](C(=O)OC[C@@H](CC)CCCC)[C@]2(Cl)C(Cl)=C(Cl)[C@]1(Cl)C2(Cl)Cl. The Kier molecular flexibility index (Phi) is 11.7. The number of fused-ring (bicyclic) bond motifs is 2. The van der Waals surface area contributed by atoms with Gasteiger partial charge in [0, 0.05) is 0 Å². The molecule has 0 heterocycles. The quantitative estimate of drug-likeness (QED) is 0.146. The van der Waals surface area contributed by atoms with Crippen molar-refractivity contribution in [3.05, 3.63) is 10.1 Å². The molecule has 0 aliphatic heterocycles. The highest BCUT2D eigenvalue weighted by Crippen LogP contribution is 2.76. The molecule has 0 aromatic heterocycles. The summed E-state index contributed by atoms with van der Waals surface area (Å²) in [6.45, 7) is 8.63. The Morgan fingerprint density at radius 2 is 1.09 bits per heavy atom. The molecule has 2 aliphatic carbocycles. The molecule has 0 aromatic rings. The smallest absolute Gasteiger partial charge is 0.312 e. The Hall–Kier alpha value is 0.420. The van der Waals surface area contributed by atoms with Crippen LogP contribution in [0.3, 0.4) is 0 Å². The van der Waals surface area contributed by atoms with Crippen molar-refractivity contribution in [2.45, 2.75) is 93.1 Å². The molecular weight excluding hydrogens is 577 g/mol. The summed E-state index contributed by atoms with van der Waals surface area (Å²) in [6, 6.07) is 0. The first-order valence-corrected chi connectivity index (χ1v) is 14.8. The second-order valence-electron chi connectivity index (χ2n) is 9.67. The predicted molar refractivity (Wildman–Crippen MR) is 146 cm³/mol. The highest BCUT2D eigenvalue weighted by Gasteiger charge is 2.86. The zero-order valence-corrected chi connectivity index (χ0v) is 25.3. The van der Waals surface area contributed by atoms with Gasteiger partial charge in [-0.05, 0) is 24.7 Å². The second-order valence-corrected chi connectivity index (χ2v) is 12.9. The number of rotatable bonds is 14. The Bertz CT molecular complexity index is 741. The number of halogens is 6. The van der Waals surface area contributed by atoms with Crippen LogP contribution in [0, 0.1) is 23.7 Å². The van der Waals surface area contributed by atoms with Crippen molar-refractivity contribution in [3.8, 4) is 0 Å². The first-order valence-electron chi connectivity index (χ1n) is 12.5. The van der Waals surface area contributed by atoms with Crippen LogP contribution in [0.15, 0.2) is 10.1 Å². The molecule has 202 valence electrons. The van der Waals surface area contributed by atoms with E-state index in [9.17, 15) is 9.59 Å². The highest BCUT2D eigenvalue weighted by atomic mass is 35.5. The van der Waals surface area contributed by atoms with Gasteiger partial charge in [0.2, 0.25) is 0 Å². The van der Waals surface area contributed by atoms with Gasteiger partial charge in [-0.2, -0.15) is 0 Å². The molecule has 0 saturated heterocycles. The third-order valence-electron chi connectivity index (χ3n) is 7.45. The molecule has 0 radical (unpaired) electrons. The van der Waals surface area contributed by atoms with Crippen LogP contribution < -0.4 is 0 Å². The van der Waals surface area contributed by atoms with Crippen LogP contribution in [0.25, 0.3) is 0 Å². The summed E-state index contributed by atoms with van der Waals surface area (Å²) in [4.78, 5) is 23.0. The lowest BCUT2D eigenvalue weighted by atomic mass is 9.81. The van der Waals surface area contributed by atoms with Crippen molar-refractivity contribution >= 4 is 81.5 Å². The van der Waals surface area contributed by atoms with Crippen LogP contribution in [-0.2, 0) is 19.1 Å². The van der Waals surface area contributed by atoms with Crippen molar-refractivity contribution in [1.29, 1.82) is 0 Å². The van der Waals surface area contributed by atoms with Crippen LogP contribution in [-0.4, -0.2) is 39.2 Å². The summed E-state index contributed by atoms with van der Waals surface area (Å²) < 4.78 is 9.28. The molecule has 0 unspecified atom stereocenters. The number of hydrogen-bond donors (Lipinski definition) is 0. The zero-order valence-electron chi connectivity index (χ0n) is 20.8. The van der Waals surface area contributed by atoms with E-state index < -0.39 is 37.9 Å². The Balaban J connectivity index is 2.35. The number of ether oxygens (including phenoxy) is 2. The van der Waals surface area contributed by atoms with Crippen molar-refractivity contribution in [2.75, 3.05) is 13.2 Å². The third kappa shape index (κ3) is 5.59. The topological polar surface area (TPSA) is 52.6 Å². The average molecular weight is 613 g/mol. The van der Waals surface area contributed by atoms with Gasteiger partial charge >= 0.3 is 11.9 Å². The Morgan fingerprint density at radius 3 is 1.37 bits per heavy atom. The number of esters is 2. The van der Waals surface area contributed by atoms with Crippen LogP contribution in [0.4, 0.5) is 0 Å². The molecule has 0 amide bonds. The first kappa shape index (κ1) is 31.6. The van der Waals surface area contributed by atoms with Gasteiger partial charge in [0.1, 0.15) is 9.75 Å². The largest absolute Gasteiger partial charge is 0.465 e. The number of hydrogen-bond acceptors (Lipinski definition) is 4. The van der Waals surface area contributed by atoms with Crippen molar-refractivity contribution in [1.82, 2.24) is 0 Å². The van der Waals surface area contributed by atoms with Gasteiger partial charge in [-0.15, -0.1) is 23.2 Å². The van der Waals surface area contributed by atoms with Gasteiger partial charge in [-0.3, -0.25) is 9.59 Å². The molecule has 4 nitrogen and oxygen atoms in total. The summed E-state index contributed by atoms with van der Waals surface area (Å²) in [7, 11) is 0. The van der Waals surface area contributed by atoms with Gasteiger partial charge in [-0.1, -0.05) is 113 Å². The molecule has 0 spiro atoms. The normalized spacial score (nSPS) is 30.9. The van der Waals surface area contributed by atoms with E-state index in [0.29, 0.717) is 0 Å². The van der Waals surface area contributed by atoms with Gasteiger partial charge in [0.15, 0.2) is 4.33 Å². The van der Waals surface area contributed by atoms with Gasteiger partial charge in [-0.25, -0.2) is 0 Å². The minimum absolute atomic E-state index is 0.153. The maximum atomic E-state index is 13.5. The predicted octanol–water partition coefficient (Wildman–Crippen LogP) is 8.58. The van der Waals surface area contributed by atoms with Crippen LogP contribution in [0.5, 0.6) is 0 Å². The molecular formula is C25H36Cl6O4. The second kappa shape index (κ2) is 13.0. The maximum Gasteiger partial charge on any atom is 0.312 e. The van der Waals surface area contributed by atoms with Crippen molar-refractivity contribution in [2.24, 2.45) is 23.7 Å². The number of carbonyl (C=O) groups is 2. The molecule has 0 N–H and O–H groups in total. The van der Waals surface area contributed by atoms with Crippen molar-refractivity contribution in [3.63, 3.8) is 0 Å². The summed E-state index contributed by atoms with van der Waals surface area (Å²) >= 11 is 40.0. The third-order valence-corrected chi connectivity index (χ3v) is 11.7. The number of carbonyl (C=O) groups excluding carboxylic acids is 2.